The van der Waals surface area contributed by atoms with Crippen LogP contribution in [0.3, 0.4) is 0 Å². The van der Waals surface area contributed by atoms with Crippen molar-refractivity contribution in [3.8, 4) is 0 Å². The number of piperidine rings is 2. The van der Waals surface area contributed by atoms with Crippen molar-refractivity contribution in [3.63, 3.8) is 0 Å². The average molecular weight is 365 g/mol. The first-order chi connectivity index (χ1) is 12.1. The highest BCUT2D eigenvalue weighted by Crippen LogP contribution is 2.28. The second-order valence-electron chi connectivity index (χ2n) is 7.05. The van der Waals surface area contributed by atoms with E-state index >= 15 is 0 Å². The largest absolute Gasteiger partial charge is 0.450 e. The van der Waals surface area contributed by atoms with Crippen molar-refractivity contribution in [1.29, 1.82) is 0 Å². The first-order valence-corrected chi connectivity index (χ1v) is 10.2. The van der Waals surface area contributed by atoms with E-state index in [4.69, 9.17) is 4.74 Å². The lowest BCUT2D eigenvalue weighted by molar-refractivity contribution is 0.0533. The number of aryl methyl sites for hydroxylation is 1. The van der Waals surface area contributed by atoms with Gasteiger partial charge in [-0.15, -0.1) is 11.3 Å². The fourth-order valence-electron chi connectivity index (χ4n) is 3.99. The molecule has 1 aromatic rings. The minimum atomic E-state index is -0.194. The van der Waals surface area contributed by atoms with E-state index in [-0.39, 0.29) is 12.0 Å². The van der Waals surface area contributed by atoms with Gasteiger partial charge in [0.1, 0.15) is 0 Å². The van der Waals surface area contributed by atoms with Crippen molar-refractivity contribution in [2.24, 2.45) is 5.92 Å². The molecule has 2 aliphatic heterocycles. The molecule has 1 aromatic heterocycles. The topological polar surface area (TPSA) is 49.9 Å². The molecule has 3 rings (SSSR count). The first-order valence-electron chi connectivity index (χ1n) is 9.34. The molecule has 25 heavy (non-hydrogen) atoms. The number of hydrogen-bond acceptors (Lipinski definition) is 5. The van der Waals surface area contributed by atoms with Gasteiger partial charge < -0.3 is 9.64 Å². The van der Waals surface area contributed by atoms with E-state index in [0.29, 0.717) is 18.4 Å². The molecule has 3 heterocycles. The van der Waals surface area contributed by atoms with Crippen LogP contribution in [0.25, 0.3) is 0 Å². The van der Waals surface area contributed by atoms with Crippen LogP contribution in [-0.4, -0.2) is 60.5 Å². The molecule has 2 saturated heterocycles. The van der Waals surface area contributed by atoms with Crippen LogP contribution in [0.1, 0.15) is 47.8 Å². The van der Waals surface area contributed by atoms with Crippen molar-refractivity contribution in [3.05, 3.63) is 21.9 Å². The Morgan fingerprint density at radius 1 is 1.24 bits per heavy atom. The minimum absolute atomic E-state index is 0.120. The Bertz CT molecular complexity index is 608. The number of ketones is 1. The van der Waals surface area contributed by atoms with Crippen LogP contribution in [0.4, 0.5) is 4.79 Å². The molecule has 0 aliphatic carbocycles. The van der Waals surface area contributed by atoms with Gasteiger partial charge in [-0.05, 0) is 63.1 Å². The van der Waals surface area contributed by atoms with Gasteiger partial charge in [-0.1, -0.05) is 0 Å². The number of thiophene rings is 1. The maximum atomic E-state index is 12.8. The molecule has 1 amide bonds. The molecular weight excluding hydrogens is 336 g/mol. The van der Waals surface area contributed by atoms with E-state index in [1.165, 1.54) is 0 Å². The van der Waals surface area contributed by atoms with Gasteiger partial charge >= 0.3 is 6.09 Å². The summed E-state index contributed by atoms with van der Waals surface area (Å²) in [5, 5.41) is 2.01. The van der Waals surface area contributed by atoms with E-state index < -0.39 is 0 Å². The van der Waals surface area contributed by atoms with Gasteiger partial charge in [0, 0.05) is 31.6 Å². The van der Waals surface area contributed by atoms with Gasteiger partial charge in [-0.2, -0.15) is 0 Å². The molecule has 0 spiro atoms. The number of Topliss-reactive ketones (excluding diaryl/α,β-unsaturated/α-hetero) is 1. The number of nitrogens with zero attached hydrogens (tertiary/aromatic N) is 2. The van der Waals surface area contributed by atoms with E-state index in [0.717, 1.165) is 62.3 Å². The molecule has 0 bridgehead atoms. The van der Waals surface area contributed by atoms with Gasteiger partial charge in [0.25, 0.3) is 0 Å². The lowest BCUT2D eigenvalue weighted by Crippen LogP contribution is -2.50. The zero-order valence-electron chi connectivity index (χ0n) is 15.2. The van der Waals surface area contributed by atoms with E-state index in [1.807, 2.05) is 30.2 Å². The number of amides is 1. The smallest absolute Gasteiger partial charge is 0.409 e. The molecule has 2 fully saturated rings. The van der Waals surface area contributed by atoms with Crippen molar-refractivity contribution in [1.82, 2.24) is 9.80 Å². The molecule has 5 nitrogen and oxygen atoms in total. The molecule has 138 valence electrons. The standard InChI is InChI=1S/C19H28N2O3S/c1-3-24-19(23)20-10-6-16(7-11-20)21-9-4-5-15(13-21)17(22)18-14(2)8-12-25-18/h8,12,15-16H,3-7,9-11,13H2,1-2H3/t15-/m1/s1. The fraction of sp³-hybridized carbons (Fsp3) is 0.684. The first kappa shape index (κ1) is 18.4. The number of hydrogen-bond donors (Lipinski definition) is 0. The predicted octanol–water partition coefficient (Wildman–Crippen LogP) is 3.57. The highest BCUT2D eigenvalue weighted by Gasteiger charge is 2.33. The maximum absolute atomic E-state index is 12.8. The number of rotatable bonds is 4. The highest BCUT2D eigenvalue weighted by atomic mass is 32.1. The third kappa shape index (κ3) is 4.23. The Labute approximate surface area is 153 Å². The second-order valence-corrected chi connectivity index (χ2v) is 7.96. The molecule has 6 heteroatoms. The third-order valence-corrected chi connectivity index (χ3v) is 6.45. The van der Waals surface area contributed by atoms with Crippen LogP contribution < -0.4 is 0 Å². The molecule has 0 aromatic carbocycles. The van der Waals surface area contributed by atoms with Crippen LogP contribution in [0.2, 0.25) is 0 Å². The summed E-state index contributed by atoms with van der Waals surface area (Å²) >= 11 is 1.57. The van der Waals surface area contributed by atoms with Gasteiger partial charge in [-0.3, -0.25) is 9.69 Å². The fourth-order valence-corrected chi connectivity index (χ4v) is 4.94. The van der Waals surface area contributed by atoms with Crippen molar-refractivity contribution < 1.29 is 14.3 Å². The Kier molecular flexibility index (Phi) is 6.12. The SMILES string of the molecule is CCOC(=O)N1CCC(N2CCC[C@@H](C(=O)c3sccc3C)C2)CC1. The van der Waals surface area contributed by atoms with Crippen molar-refractivity contribution in [2.75, 3.05) is 32.8 Å². The zero-order chi connectivity index (χ0) is 17.8. The van der Waals surface area contributed by atoms with Gasteiger partial charge in [0.05, 0.1) is 11.5 Å². The molecule has 1 atom stereocenters. The van der Waals surface area contributed by atoms with Crippen LogP contribution >= 0.6 is 11.3 Å². The summed E-state index contributed by atoms with van der Waals surface area (Å²) in [5.41, 5.74) is 1.11. The molecule has 0 N–H and O–H groups in total. The summed E-state index contributed by atoms with van der Waals surface area (Å²) in [7, 11) is 0. The molecule has 0 unspecified atom stereocenters. The van der Waals surface area contributed by atoms with Crippen LogP contribution in [0.15, 0.2) is 11.4 Å². The second kappa shape index (κ2) is 8.32. The number of ether oxygens (including phenoxy) is 1. The van der Waals surface area contributed by atoms with E-state index in [2.05, 4.69) is 4.90 Å². The highest BCUT2D eigenvalue weighted by molar-refractivity contribution is 7.12. The normalized spacial score (nSPS) is 22.8. The average Bonchev–Trinajstić information content (AvgIpc) is 3.07. The Balaban J connectivity index is 1.55. The zero-order valence-corrected chi connectivity index (χ0v) is 16.0. The van der Waals surface area contributed by atoms with Crippen LogP contribution in [0, 0.1) is 12.8 Å². The lowest BCUT2D eigenvalue weighted by Gasteiger charge is -2.41. The summed E-state index contributed by atoms with van der Waals surface area (Å²) in [4.78, 5) is 29.9. The molecular formula is C19H28N2O3S. The summed E-state index contributed by atoms with van der Waals surface area (Å²) in [6.45, 7) is 7.72. The summed E-state index contributed by atoms with van der Waals surface area (Å²) in [5.74, 6) is 0.440. The van der Waals surface area contributed by atoms with E-state index in [1.54, 1.807) is 11.3 Å². The quantitative estimate of drug-likeness (QED) is 0.767. The molecule has 2 aliphatic rings. The van der Waals surface area contributed by atoms with Gasteiger partial charge in [-0.25, -0.2) is 4.79 Å². The summed E-state index contributed by atoms with van der Waals surface area (Å²) in [6.07, 6.45) is 3.82. The maximum Gasteiger partial charge on any atom is 0.409 e. The predicted molar refractivity (Wildman–Crippen MR) is 99.3 cm³/mol. The number of likely N-dealkylation sites (tertiary alicyclic amines) is 2. The lowest BCUT2D eigenvalue weighted by atomic mass is 9.90. The molecule has 0 saturated carbocycles. The van der Waals surface area contributed by atoms with E-state index in [9.17, 15) is 9.59 Å². The third-order valence-electron chi connectivity index (χ3n) is 5.42. The van der Waals surface area contributed by atoms with Gasteiger partial charge in [0.2, 0.25) is 0 Å². The molecule has 0 radical (unpaired) electrons. The number of carbonyl (C=O) groups excluding carboxylic acids is 2. The van der Waals surface area contributed by atoms with Crippen molar-refractivity contribution in [2.45, 2.75) is 45.6 Å². The number of carbonyl (C=O) groups is 2. The van der Waals surface area contributed by atoms with Crippen LogP contribution in [0.5, 0.6) is 0 Å². The Morgan fingerprint density at radius 2 is 2.00 bits per heavy atom. The van der Waals surface area contributed by atoms with Crippen LogP contribution in [-0.2, 0) is 4.74 Å². The van der Waals surface area contributed by atoms with Gasteiger partial charge in [0.15, 0.2) is 5.78 Å². The monoisotopic (exact) mass is 364 g/mol. The minimum Gasteiger partial charge on any atom is -0.450 e. The van der Waals surface area contributed by atoms with Crippen molar-refractivity contribution >= 4 is 23.2 Å². The summed E-state index contributed by atoms with van der Waals surface area (Å²) in [6, 6.07) is 2.51. The Hall–Kier alpha value is -1.40. The summed E-state index contributed by atoms with van der Waals surface area (Å²) < 4.78 is 5.09. The Morgan fingerprint density at radius 3 is 2.64 bits per heavy atom.